The maximum absolute atomic E-state index is 14.7. The molecule has 32 heavy (non-hydrogen) atoms. The highest BCUT2D eigenvalue weighted by atomic mass is 19.1. The van der Waals surface area contributed by atoms with Crippen LogP contribution in [0, 0.1) is 5.82 Å². The molecule has 3 aromatic rings. The molecule has 4 nitrogen and oxygen atoms in total. The van der Waals surface area contributed by atoms with Crippen LogP contribution in [0.2, 0.25) is 0 Å². The van der Waals surface area contributed by atoms with E-state index < -0.39 is 11.8 Å². The molecule has 5 heteroatoms. The van der Waals surface area contributed by atoms with Crippen LogP contribution < -0.4 is 4.74 Å². The van der Waals surface area contributed by atoms with Gasteiger partial charge in [-0.15, -0.1) is 0 Å². The molecule has 0 fully saturated rings. The van der Waals surface area contributed by atoms with Crippen molar-refractivity contribution in [3.63, 3.8) is 0 Å². The molecule has 0 unspecified atom stereocenters. The fourth-order valence-electron chi connectivity index (χ4n) is 3.47. The van der Waals surface area contributed by atoms with Crippen LogP contribution in [-0.4, -0.2) is 15.9 Å². The van der Waals surface area contributed by atoms with E-state index in [0.717, 1.165) is 37.7 Å². The van der Waals surface area contributed by atoms with E-state index in [9.17, 15) is 9.18 Å². The SMILES string of the molecule is CCCCCCc1cnc(-c2ccc(OC(=O)c3ccc(CCCC)cc3)cc2F)nc1. The van der Waals surface area contributed by atoms with Crippen LogP contribution in [0.3, 0.4) is 0 Å². The predicted octanol–water partition coefficient (Wildman–Crippen LogP) is 6.97. The zero-order valence-corrected chi connectivity index (χ0v) is 18.9. The van der Waals surface area contributed by atoms with Gasteiger partial charge in [-0.05, 0) is 61.1 Å². The van der Waals surface area contributed by atoms with E-state index in [2.05, 4.69) is 23.8 Å². The Morgan fingerprint density at radius 2 is 1.53 bits per heavy atom. The summed E-state index contributed by atoms with van der Waals surface area (Å²) in [5.74, 6) is -0.567. The van der Waals surface area contributed by atoms with Gasteiger partial charge < -0.3 is 4.74 Å². The molecule has 0 aliphatic carbocycles. The Hall–Kier alpha value is -3.08. The molecule has 0 saturated carbocycles. The molecule has 1 heterocycles. The molecule has 0 aliphatic rings. The third-order valence-corrected chi connectivity index (χ3v) is 5.42. The number of hydrogen-bond donors (Lipinski definition) is 0. The first kappa shape index (κ1) is 23.6. The lowest BCUT2D eigenvalue weighted by molar-refractivity contribution is 0.0734. The number of carbonyl (C=O) groups is 1. The molecule has 0 spiro atoms. The highest BCUT2D eigenvalue weighted by Crippen LogP contribution is 2.24. The largest absolute Gasteiger partial charge is 0.423 e. The Morgan fingerprint density at radius 1 is 0.844 bits per heavy atom. The van der Waals surface area contributed by atoms with Crippen molar-refractivity contribution in [2.75, 3.05) is 0 Å². The molecule has 0 saturated heterocycles. The third kappa shape index (κ3) is 6.71. The average molecular weight is 435 g/mol. The van der Waals surface area contributed by atoms with Gasteiger partial charge in [-0.2, -0.15) is 0 Å². The van der Waals surface area contributed by atoms with E-state index in [1.54, 1.807) is 36.7 Å². The lowest BCUT2D eigenvalue weighted by Crippen LogP contribution is -2.08. The zero-order chi connectivity index (χ0) is 22.8. The standard InChI is InChI=1S/C27H31FN2O2/c1-3-5-7-8-10-21-18-29-26(30-19-21)24-16-15-23(17-25(24)28)32-27(31)22-13-11-20(12-14-22)9-6-4-2/h11-19H,3-10H2,1-2H3. The summed E-state index contributed by atoms with van der Waals surface area (Å²) >= 11 is 0. The number of hydrogen-bond acceptors (Lipinski definition) is 4. The molecule has 1 aromatic heterocycles. The van der Waals surface area contributed by atoms with Crippen molar-refractivity contribution in [2.24, 2.45) is 0 Å². The summed E-state index contributed by atoms with van der Waals surface area (Å²) in [5, 5.41) is 0. The fraction of sp³-hybridized carbons (Fsp3) is 0.370. The second-order valence-corrected chi connectivity index (χ2v) is 8.06. The molecule has 3 rings (SSSR count). The number of rotatable bonds is 11. The molecule has 0 bridgehead atoms. The average Bonchev–Trinajstić information content (AvgIpc) is 2.81. The van der Waals surface area contributed by atoms with E-state index in [4.69, 9.17) is 4.74 Å². The number of esters is 1. The van der Waals surface area contributed by atoms with Gasteiger partial charge in [-0.25, -0.2) is 19.2 Å². The van der Waals surface area contributed by atoms with Gasteiger partial charge in [-0.1, -0.05) is 51.7 Å². The van der Waals surface area contributed by atoms with Gasteiger partial charge in [0.15, 0.2) is 5.82 Å². The zero-order valence-electron chi connectivity index (χ0n) is 18.9. The van der Waals surface area contributed by atoms with Gasteiger partial charge in [0, 0.05) is 18.5 Å². The first-order valence-corrected chi connectivity index (χ1v) is 11.5. The summed E-state index contributed by atoms with van der Waals surface area (Å²) in [6, 6.07) is 11.7. The van der Waals surface area contributed by atoms with Crippen molar-refractivity contribution in [1.82, 2.24) is 9.97 Å². The van der Waals surface area contributed by atoms with Crippen molar-refractivity contribution in [2.45, 2.75) is 65.2 Å². The maximum Gasteiger partial charge on any atom is 0.343 e. The Morgan fingerprint density at radius 3 is 2.19 bits per heavy atom. The van der Waals surface area contributed by atoms with Crippen molar-refractivity contribution in [1.29, 1.82) is 0 Å². The predicted molar refractivity (Wildman–Crippen MR) is 125 cm³/mol. The minimum absolute atomic E-state index is 0.152. The van der Waals surface area contributed by atoms with Crippen LogP contribution in [0.25, 0.3) is 11.4 Å². The molecule has 0 aliphatic heterocycles. The summed E-state index contributed by atoms with van der Waals surface area (Å²) in [4.78, 5) is 21.0. The topological polar surface area (TPSA) is 52.1 Å². The summed E-state index contributed by atoms with van der Waals surface area (Å²) in [5.41, 5.74) is 2.96. The molecular formula is C27H31FN2O2. The van der Waals surface area contributed by atoms with Gasteiger partial charge in [0.25, 0.3) is 0 Å². The summed E-state index contributed by atoms with van der Waals surface area (Å²) < 4.78 is 20.0. The number of ether oxygens (including phenoxy) is 1. The number of aromatic nitrogens is 2. The first-order valence-electron chi connectivity index (χ1n) is 11.5. The Kier molecular flexibility index (Phi) is 8.90. The number of benzene rings is 2. The van der Waals surface area contributed by atoms with Crippen LogP contribution in [0.4, 0.5) is 4.39 Å². The maximum atomic E-state index is 14.7. The highest BCUT2D eigenvalue weighted by molar-refractivity contribution is 5.91. The smallest absolute Gasteiger partial charge is 0.343 e. The van der Waals surface area contributed by atoms with Crippen LogP contribution in [-0.2, 0) is 12.8 Å². The minimum atomic E-state index is -0.527. The quantitative estimate of drug-likeness (QED) is 0.186. The van der Waals surface area contributed by atoms with E-state index in [-0.39, 0.29) is 11.3 Å². The fourth-order valence-corrected chi connectivity index (χ4v) is 3.47. The van der Waals surface area contributed by atoms with Gasteiger partial charge in [0.1, 0.15) is 11.6 Å². The number of halogens is 1. The summed E-state index contributed by atoms with van der Waals surface area (Å²) in [7, 11) is 0. The molecule has 0 radical (unpaired) electrons. The highest BCUT2D eigenvalue weighted by Gasteiger charge is 2.13. The number of unbranched alkanes of at least 4 members (excludes halogenated alkanes) is 4. The molecule has 0 amide bonds. The van der Waals surface area contributed by atoms with Gasteiger partial charge in [0.2, 0.25) is 0 Å². The second kappa shape index (κ2) is 12.1. The molecular weight excluding hydrogens is 403 g/mol. The number of carbonyl (C=O) groups excluding carboxylic acids is 1. The van der Waals surface area contributed by atoms with Crippen molar-refractivity contribution >= 4 is 5.97 Å². The molecule has 2 aromatic carbocycles. The Labute approximate surface area is 189 Å². The molecule has 0 atom stereocenters. The third-order valence-electron chi connectivity index (χ3n) is 5.42. The van der Waals surface area contributed by atoms with Crippen LogP contribution in [0.15, 0.2) is 54.9 Å². The molecule has 0 N–H and O–H groups in total. The van der Waals surface area contributed by atoms with Gasteiger partial charge in [0.05, 0.1) is 11.1 Å². The normalized spacial score (nSPS) is 10.8. The lowest BCUT2D eigenvalue weighted by atomic mass is 10.1. The van der Waals surface area contributed by atoms with E-state index in [1.165, 1.54) is 30.9 Å². The van der Waals surface area contributed by atoms with Crippen molar-refractivity contribution in [3.05, 3.63) is 77.4 Å². The van der Waals surface area contributed by atoms with Crippen molar-refractivity contribution in [3.8, 4) is 17.1 Å². The monoisotopic (exact) mass is 434 g/mol. The number of nitrogens with zero attached hydrogens (tertiary/aromatic N) is 2. The van der Waals surface area contributed by atoms with E-state index >= 15 is 0 Å². The first-order chi connectivity index (χ1) is 15.6. The van der Waals surface area contributed by atoms with Crippen LogP contribution in [0.5, 0.6) is 5.75 Å². The Balaban J connectivity index is 1.61. The number of aryl methyl sites for hydroxylation is 2. The van der Waals surface area contributed by atoms with Crippen LogP contribution >= 0.6 is 0 Å². The Bertz CT molecular complexity index is 1000. The van der Waals surface area contributed by atoms with Gasteiger partial charge in [-0.3, -0.25) is 0 Å². The summed E-state index contributed by atoms with van der Waals surface area (Å²) in [6.45, 7) is 4.33. The lowest BCUT2D eigenvalue weighted by Gasteiger charge is -2.08. The van der Waals surface area contributed by atoms with E-state index in [1.807, 2.05) is 12.1 Å². The second-order valence-electron chi connectivity index (χ2n) is 8.06. The minimum Gasteiger partial charge on any atom is -0.423 e. The summed E-state index contributed by atoms with van der Waals surface area (Å²) in [6.07, 6.45) is 12.4. The van der Waals surface area contributed by atoms with Crippen molar-refractivity contribution < 1.29 is 13.9 Å². The molecule has 168 valence electrons. The van der Waals surface area contributed by atoms with Crippen LogP contribution in [0.1, 0.15) is 73.9 Å². The van der Waals surface area contributed by atoms with Gasteiger partial charge >= 0.3 is 5.97 Å². The van der Waals surface area contributed by atoms with E-state index in [0.29, 0.717) is 11.4 Å².